The number of nitrogens with zero attached hydrogens (tertiary/aromatic N) is 2. The summed E-state index contributed by atoms with van der Waals surface area (Å²) in [7, 11) is -4.25. The molecular weight excluding hydrogens is 505 g/mol. The number of hydrogen-bond donors (Lipinski definition) is 1. The van der Waals surface area contributed by atoms with E-state index in [-0.39, 0.29) is 12.7 Å². The van der Waals surface area contributed by atoms with Crippen molar-refractivity contribution >= 4 is 41.7 Å². The monoisotopic (exact) mass is 537 g/mol. The molecule has 0 aliphatic carbocycles. The van der Waals surface area contributed by atoms with E-state index in [1.165, 1.54) is 11.7 Å². The number of carbonyl (C=O) groups excluding carboxylic acids is 1. The van der Waals surface area contributed by atoms with E-state index in [0.29, 0.717) is 20.8 Å². The number of rotatable bonds is 8. The molecule has 0 saturated carbocycles. The van der Waals surface area contributed by atoms with Crippen LogP contribution in [0, 0.1) is 0 Å². The zero-order chi connectivity index (χ0) is 26.7. The molecule has 1 aromatic heterocycles. The summed E-state index contributed by atoms with van der Waals surface area (Å²) < 4.78 is 49.8. The molecule has 2 aromatic carbocycles. The van der Waals surface area contributed by atoms with Gasteiger partial charge in [0.1, 0.15) is 6.73 Å². The minimum Gasteiger partial charge on any atom is -0.453 e. The standard InChI is InChI=1S/C24H32N3O7PS/c1-23(2,3)33-35(29,34-24(4,5)6)32-16-27-20-14-13-18(36(30)17-11-9-8-10-12-17)15-19(20)25-21(27)26-22(28)31-7/h8-15H,16H2,1-7H3,(H,25,26,28). The van der Waals surface area contributed by atoms with Gasteiger partial charge in [0.15, 0.2) is 0 Å². The van der Waals surface area contributed by atoms with Gasteiger partial charge >= 0.3 is 13.9 Å². The van der Waals surface area contributed by atoms with Crippen molar-refractivity contribution in [2.45, 2.75) is 69.3 Å². The van der Waals surface area contributed by atoms with Gasteiger partial charge in [-0.3, -0.25) is 23.5 Å². The Hall–Kier alpha value is -2.56. The van der Waals surface area contributed by atoms with Crippen molar-refractivity contribution in [2.24, 2.45) is 0 Å². The first-order valence-electron chi connectivity index (χ1n) is 11.2. The second kappa shape index (κ2) is 10.8. The minimum atomic E-state index is -4.05. The van der Waals surface area contributed by atoms with Crippen molar-refractivity contribution < 1.29 is 31.9 Å². The Balaban J connectivity index is 2.00. The van der Waals surface area contributed by atoms with E-state index in [2.05, 4.69) is 10.3 Å². The predicted molar refractivity (Wildman–Crippen MR) is 137 cm³/mol. The molecular formula is C24H32N3O7PS. The van der Waals surface area contributed by atoms with Gasteiger partial charge in [0, 0.05) is 9.79 Å². The lowest BCUT2D eigenvalue weighted by Crippen LogP contribution is -2.25. The molecule has 3 aromatic rings. The van der Waals surface area contributed by atoms with Gasteiger partial charge in [0.2, 0.25) is 5.95 Å². The molecule has 0 fully saturated rings. The second-order valence-corrected chi connectivity index (χ2v) is 12.8. The SMILES string of the molecule is COC(=O)Nc1nc2cc(S(=O)c3ccccc3)ccc2n1COP(=O)(OC(C)(C)C)OC(C)(C)C. The van der Waals surface area contributed by atoms with Crippen LogP contribution in [-0.4, -0.2) is 38.2 Å². The Kier molecular flexibility index (Phi) is 8.42. The summed E-state index contributed by atoms with van der Waals surface area (Å²) in [5.74, 6) is 0.0811. The lowest BCUT2D eigenvalue weighted by molar-refractivity contribution is -0.00542. The molecule has 1 N–H and O–H groups in total. The average molecular weight is 538 g/mol. The lowest BCUT2D eigenvalue weighted by atomic mass is 10.2. The molecule has 196 valence electrons. The fourth-order valence-corrected chi connectivity index (χ4v) is 5.97. The predicted octanol–water partition coefficient (Wildman–Crippen LogP) is 6.09. The largest absolute Gasteiger partial charge is 0.477 e. The Labute approximate surface area is 213 Å². The van der Waals surface area contributed by atoms with Crippen LogP contribution < -0.4 is 5.32 Å². The van der Waals surface area contributed by atoms with E-state index in [1.54, 1.807) is 71.9 Å². The molecule has 0 aliphatic heterocycles. The van der Waals surface area contributed by atoms with Crippen LogP contribution in [0.15, 0.2) is 58.3 Å². The highest BCUT2D eigenvalue weighted by Crippen LogP contribution is 2.55. The Morgan fingerprint density at radius 3 is 2.17 bits per heavy atom. The van der Waals surface area contributed by atoms with Gasteiger partial charge in [-0.05, 0) is 71.9 Å². The summed E-state index contributed by atoms with van der Waals surface area (Å²) >= 11 is 0. The summed E-state index contributed by atoms with van der Waals surface area (Å²) in [6.45, 7) is 10.1. The number of hydrogen-bond acceptors (Lipinski definition) is 8. The Bertz CT molecular complexity index is 1280. The van der Waals surface area contributed by atoms with Crippen LogP contribution in [0.5, 0.6) is 0 Å². The number of ether oxygens (including phenoxy) is 1. The third kappa shape index (κ3) is 7.47. The number of nitrogens with one attached hydrogen (secondary N) is 1. The number of methoxy groups -OCH3 is 1. The van der Waals surface area contributed by atoms with Crippen LogP contribution in [0.25, 0.3) is 11.0 Å². The summed E-state index contributed by atoms with van der Waals surface area (Å²) in [5.41, 5.74) is -0.661. The normalized spacial score (nSPS) is 13.5. The topological polar surface area (TPSA) is 118 Å². The quantitative estimate of drug-likeness (QED) is 0.343. The number of imidazole rings is 1. The molecule has 0 spiro atoms. The first kappa shape index (κ1) is 28.0. The molecule has 1 atom stereocenters. The van der Waals surface area contributed by atoms with Gasteiger partial charge in [-0.15, -0.1) is 0 Å². The van der Waals surface area contributed by atoms with Crippen LogP contribution in [-0.2, 0) is 40.4 Å². The number of carbonyl (C=O) groups is 1. The highest BCUT2D eigenvalue weighted by atomic mass is 32.2. The van der Waals surface area contributed by atoms with Crippen molar-refractivity contribution in [1.29, 1.82) is 0 Å². The van der Waals surface area contributed by atoms with Gasteiger partial charge in [-0.1, -0.05) is 18.2 Å². The smallest absolute Gasteiger partial charge is 0.453 e. The van der Waals surface area contributed by atoms with Gasteiger partial charge < -0.3 is 4.74 Å². The maximum absolute atomic E-state index is 13.5. The molecule has 0 saturated heterocycles. The summed E-state index contributed by atoms with van der Waals surface area (Å²) in [6, 6.07) is 14.1. The molecule has 10 nitrogen and oxygen atoms in total. The lowest BCUT2D eigenvalue weighted by Gasteiger charge is -2.31. The fraction of sp³-hybridized carbons (Fsp3) is 0.417. The van der Waals surface area contributed by atoms with Crippen LogP contribution in [0.4, 0.5) is 10.7 Å². The maximum Gasteiger partial charge on any atom is 0.477 e. The molecule has 0 aliphatic rings. The van der Waals surface area contributed by atoms with Crippen molar-refractivity contribution in [1.82, 2.24) is 9.55 Å². The number of amides is 1. The number of phosphoric ester groups is 1. The fourth-order valence-electron chi connectivity index (χ4n) is 3.14. The van der Waals surface area contributed by atoms with Crippen molar-refractivity contribution in [3.63, 3.8) is 0 Å². The van der Waals surface area contributed by atoms with Gasteiger partial charge in [0.25, 0.3) is 0 Å². The first-order chi connectivity index (χ1) is 16.7. The van der Waals surface area contributed by atoms with E-state index in [4.69, 9.17) is 18.3 Å². The van der Waals surface area contributed by atoms with E-state index in [1.807, 2.05) is 18.2 Å². The number of benzene rings is 2. The van der Waals surface area contributed by atoms with Gasteiger partial charge in [0.05, 0.1) is 40.1 Å². The molecule has 1 amide bonds. The third-order valence-electron chi connectivity index (χ3n) is 4.41. The number of phosphoric acid groups is 1. The third-order valence-corrected chi connectivity index (χ3v) is 7.76. The van der Waals surface area contributed by atoms with Crippen molar-refractivity contribution in [3.05, 3.63) is 48.5 Å². The van der Waals surface area contributed by atoms with Gasteiger partial charge in [-0.2, -0.15) is 0 Å². The van der Waals surface area contributed by atoms with E-state index >= 15 is 0 Å². The van der Waals surface area contributed by atoms with E-state index in [9.17, 15) is 13.6 Å². The molecule has 1 heterocycles. The van der Waals surface area contributed by atoms with Gasteiger partial charge in [-0.25, -0.2) is 18.6 Å². The second-order valence-electron chi connectivity index (χ2n) is 9.83. The van der Waals surface area contributed by atoms with Crippen LogP contribution in [0.3, 0.4) is 0 Å². The summed E-state index contributed by atoms with van der Waals surface area (Å²) in [5, 5.41) is 2.53. The molecule has 36 heavy (non-hydrogen) atoms. The Morgan fingerprint density at radius 2 is 1.61 bits per heavy atom. The van der Waals surface area contributed by atoms with Crippen LogP contribution in [0.2, 0.25) is 0 Å². The molecule has 0 bridgehead atoms. The maximum atomic E-state index is 13.5. The number of fused-ring (bicyclic) bond motifs is 1. The summed E-state index contributed by atoms with van der Waals surface area (Å²) in [6.07, 6.45) is -0.750. The zero-order valence-corrected chi connectivity index (χ0v) is 23.1. The molecule has 12 heteroatoms. The minimum absolute atomic E-state index is 0.0811. The first-order valence-corrected chi connectivity index (χ1v) is 13.8. The van der Waals surface area contributed by atoms with E-state index < -0.39 is 35.9 Å². The van der Waals surface area contributed by atoms with Crippen LogP contribution in [0.1, 0.15) is 41.5 Å². The molecule has 1 unspecified atom stereocenters. The van der Waals surface area contributed by atoms with Crippen molar-refractivity contribution in [3.8, 4) is 0 Å². The Morgan fingerprint density at radius 1 is 1.00 bits per heavy atom. The summed E-state index contributed by atoms with van der Waals surface area (Å²) in [4.78, 5) is 17.6. The number of anilines is 1. The van der Waals surface area contributed by atoms with E-state index in [0.717, 1.165) is 0 Å². The highest BCUT2D eigenvalue weighted by molar-refractivity contribution is 7.85. The zero-order valence-electron chi connectivity index (χ0n) is 21.4. The van der Waals surface area contributed by atoms with Crippen molar-refractivity contribution in [2.75, 3.05) is 12.4 Å². The number of aromatic nitrogens is 2. The molecule has 0 radical (unpaired) electrons. The van der Waals surface area contributed by atoms with Crippen LogP contribution >= 0.6 is 7.82 Å². The average Bonchev–Trinajstić information content (AvgIpc) is 3.11. The molecule has 3 rings (SSSR count). The highest BCUT2D eigenvalue weighted by Gasteiger charge is 2.37.